The second-order valence-electron chi connectivity index (χ2n) is 3.30. The molecule has 1 amide bonds. The van der Waals surface area contributed by atoms with Gasteiger partial charge >= 0.3 is 0 Å². The molecule has 16 heavy (non-hydrogen) atoms. The highest BCUT2D eigenvalue weighted by molar-refractivity contribution is 5.93. The van der Waals surface area contributed by atoms with Gasteiger partial charge in [0.15, 0.2) is 0 Å². The zero-order valence-corrected chi connectivity index (χ0v) is 9.12. The lowest BCUT2D eigenvalue weighted by Crippen LogP contribution is -2.29. The van der Waals surface area contributed by atoms with Gasteiger partial charge < -0.3 is 16.0 Å². The minimum absolute atomic E-state index is 0.117. The van der Waals surface area contributed by atoms with Gasteiger partial charge in [-0.1, -0.05) is 12.2 Å². The maximum atomic E-state index is 11.5. The molecule has 5 heteroatoms. The average molecular weight is 221 g/mol. The Morgan fingerprint density at radius 1 is 1.50 bits per heavy atom. The third kappa shape index (κ3) is 3.36. The fourth-order valence-corrected chi connectivity index (χ4v) is 1.18. The van der Waals surface area contributed by atoms with Crippen LogP contribution in [0.15, 0.2) is 29.1 Å². The Morgan fingerprint density at radius 2 is 2.25 bits per heavy atom. The van der Waals surface area contributed by atoms with Crippen molar-refractivity contribution in [1.29, 1.82) is 0 Å². The lowest BCUT2D eigenvalue weighted by Gasteiger charge is -2.01. The van der Waals surface area contributed by atoms with Gasteiger partial charge in [-0.2, -0.15) is 0 Å². The fraction of sp³-hybridized carbons (Fsp3) is 0.273. The summed E-state index contributed by atoms with van der Waals surface area (Å²) in [5.74, 6) is -0.386. The van der Waals surface area contributed by atoms with Crippen LogP contribution in [-0.4, -0.2) is 24.0 Å². The first-order chi connectivity index (χ1) is 7.65. The molecule has 0 radical (unpaired) electrons. The number of hydrogen-bond acceptors (Lipinski definition) is 3. The molecule has 0 saturated carbocycles. The molecule has 0 saturated heterocycles. The monoisotopic (exact) mass is 221 g/mol. The summed E-state index contributed by atoms with van der Waals surface area (Å²) in [4.78, 5) is 25.5. The van der Waals surface area contributed by atoms with Crippen molar-refractivity contribution in [3.05, 3.63) is 45.9 Å². The van der Waals surface area contributed by atoms with Gasteiger partial charge in [-0.15, -0.1) is 0 Å². The summed E-state index contributed by atoms with van der Waals surface area (Å²) >= 11 is 0. The van der Waals surface area contributed by atoms with E-state index in [4.69, 9.17) is 5.73 Å². The zero-order chi connectivity index (χ0) is 12.0. The Labute approximate surface area is 93.4 Å². The summed E-state index contributed by atoms with van der Waals surface area (Å²) in [5, 5.41) is 2.59. The van der Waals surface area contributed by atoms with Crippen molar-refractivity contribution in [2.24, 2.45) is 5.73 Å². The number of H-pyrrole nitrogens is 1. The lowest BCUT2D eigenvalue weighted by atomic mass is 10.2. The topological polar surface area (TPSA) is 88.0 Å². The number of nitrogens with one attached hydrogen (secondary N) is 2. The molecule has 0 aliphatic heterocycles. The van der Waals surface area contributed by atoms with Crippen LogP contribution in [0.25, 0.3) is 0 Å². The van der Waals surface area contributed by atoms with Gasteiger partial charge in [0.25, 0.3) is 11.5 Å². The smallest absolute Gasteiger partial charge is 0.260 e. The van der Waals surface area contributed by atoms with Crippen LogP contribution < -0.4 is 16.6 Å². The number of carbonyl (C=O) groups excluding carboxylic acids is 1. The zero-order valence-electron chi connectivity index (χ0n) is 9.12. The summed E-state index contributed by atoms with van der Waals surface area (Å²) in [6, 6.07) is 3.20. The number of pyridine rings is 1. The highest BCUT2D eigenvalue weighted by Gasteiger charge is 2.08. The molecule has 5 nitrogen and oxygen atoms in total. The van der Waals surface area contributed by atoms with Gasteiger partial charge in [-0.25, -0.2) is 0 Å². The summed E-state index contributed by atoms with van der Waals surface area (Å²) in [5.41, 5.74) is 5.71. The minimum atomic E-state index is -0.386. The highest BCUT2D eigenvalue weighted by Crippen LogP contribution is 1.93. The van der Waals surface area contributed by atoms with Crippen molar-refractivity contribution in [2.45, 2.75) is 6.92 Å². The van der Waals surface area contributed by atoms with Crippen molar-refractivity contribution >= 4 is 5.91 Å². The van der Waals surface area contributed by atoms with Gasteiger partial charge in [0.1, 0.15) is 5.56 Å². The van der Waals surface area contributed by atoms with E-state index in [2.05, 4.69) is 10.3 Å². The Bertz CT molecular complexity index is 449. The quantitative estimate of drug-likeness (QED) is 0.622. The molecule has 86 valence electrons. The maximum Gasteiger partial charge on any atom is 0.260 e. The molecule has 1 aromatic heterocycles. The normalized spacial score (nSPS) is 10.6. The number of carbonyl (C=O) groups is 1. The van der Waals surface area contributed by atoms with Crippen LogP contribution in [0.3, 0.4) is 0 Å². The molecule has 0 atom stereocenters. The van der Waals surface area contributed by atoms with Gasteiger partial charge in [0, 0.05) is 18.8 Å². The first-order valence-corrected chi connectivity index (χ1v) is 4.98. The van der Waals surface area contributed by atoms with E-state index in [1.165, 1.54) is 6.07 Å². The maximum absolute atomic E-state index is 11.5. The predicted octanol–water partition coefficient (Wildman–Crippen LogP) is -0.0720. The summed E-state index contributed by atoms with van der Waals surface area (Å²) in [6.07, 6.45) is 3.47. The van der Waals surface area contributed by atoms with Crippen LogP contribution in [-0.2, 0) is 0 Å². The summed E-state index contributed by atoms with van der Waals surface area (Å²) in [7, 11) is 0. The van der Waals surface area contributed by atoms with E-state index in [1.54, 1.807) is 25.1 Å². The molecular weight excluding hydrogens is 206 g/mol. The fourth-order valence-electron chi connectivity index (χ4n) is 1.18. The van der Waals surface area contributed by atoms with Crippen molar-refractivity contribution in [2.75, 3.05) is 13.1 Å². The number of rotatable bonds is 4. The Kier molecular flexibility index (Phi) is 4.47. The second-order valence-corrected chi connectivity index (χ2v) is 3.30. The number of hydrogen-bond donors (Lipinski definition) is 3. The van der Waals surface area contributed by atoms with Gasteiger partial charge in [-0.05, 0) is 19.1 Å². The first kappa shape index (κ1) is 12.2. The standard InChI is InChI=1S/C11H15N3O2/c1-8-4-5-9(11(16)14-8)10(15)13-7-3-2-6-12/h2-5H,6-7,12H2,1H3,(H,13,15)(H,14,16)/b3-2+. The number of aromatic nitrogens is 1. The molecule has 4 N–H and O–H groups in total. The molecule has 0 bridgehead atoms. The Morgan fingerprint density at radius 3 is 2.88 bits per heavy atom. The van der Waals surface area contributed by atoms with E-state index in [0.717, 1.165) is 5.69 Å². The third-order valence-electron chi connectivity index (χ3n) is 1.98. The molecule has 1 heterocycles. The average Bonchev–Trinajstić information content (AvgIpc) is 2.24. The number of amides is 1. The molecule has 0 unspecified atom stereocenters. The van der Waals surface area contributed by atoms with Crippen LogP contribution in [0.4, 0.5) is 0 Å². The molecule has 1 rings (SSSR count). The Balaban J connectivity index is 2.66. The van der Waals surface area contributed by atoms with Crippen LogP contribution >= 0.6 is 0 Å². The molecule has 0 aliphatic carbocycles. The molecule has 0 aromatic carbocycles. The van der Waals surface area contributed by atoms with Crippen molar-refractivity contribution in [3.8, 4) is 0 Å². The van der Waals surface area contributed by atoms with Crippen LogP contribution in [0.1, 0.15) is 16.1 Å². The van der Waals surface area contributed by atoms with E-state index in [9.17, 15) is 9.59 Å². The summed E-state index contributed by atoms with van der Waals surface area (Å²) < 4.78 is 0. The van der Waals surface area contributed by atoms with E-state index in [1.807, 2.05) is 0 Å². The number of aromatic amines is 1. The van der Waals surface area contributed by atoms with Crippen molar-refractivity contribution < 1.29 is 4.79 Å². The van der Waals surface area contributed by atoms with Crippen LogP contribution in [0.2, 0.25) is 0 Å². The Hall–Kier alpha value is -1.88. The highest BCUT2D eigenvalue weighted by atomic mass is 16.2. The van der Waals surface area contributed by atoms with Crippen LogP contribution in [0.5, 0.6) is 0 Å². The van der Waals surface area contributed by atoms with E-state index in [-0.39, 0.29) is 17.0 Å². The molecule has 0 spiro atoms. The largest absolute Gasteiger partial charge is 0.348 e. The summed E-state index contributed by atoms with van der Waals surface area (Å²) in [6.45, 7) is 2.55. The minimum Gasteiger partial charge on any atom is -0.348 e. The third-order valence-corrected chi connectivity index (χ3v) is 1.98. The molecule has 0 aliphatic rings. The van der Waals surface area contributed by atoms with Crippen molar-refractivity contribution in [1.82, 2.24) is 10.3 Å². The molecule has 1 aromatic rings. The lowest BCUT2D eigenvalue weighted by molar-refractivity contribution is 0.0956. The SMILES string of the molecule is Cc1ccc(C(=O)NC/C=C/CN)c(=O)[nH]1. The van der Waals surface area contributed by atoms with Gasteiger partial charge in [-0.3, -0.25) is 9.59 Å². The number of nitrogens with two attached hydrogens (primary N) is 1. The first-order valence-electron chi connectivity index (χ1n) is 4.98. The van der Waals surface area contributed by atoms with Crippen molar-refractivity contribution in [3.63, 3.8) is 0 Å². The van der Waals surface area contributed by atoms with E-state index >= 15 is 0 Å². The van der Waals surface area contributed by atoms with E-state index in [0.29, 0.717) is 13.1 Å². The van der Waals surface area contributed by atoms with Crippen LogP contribution in [0, 0.1) is 6.92 Å². The number of aryl methyl sites for hydroxylation is 1. The predicted molar refractivity (Wildman–Crippen MR) is 62.3 cm³/mol. The molecular formula is C11H15N3O2. The van der Waals surface area contributed by atoms with Gasteiger partial charge in [0.05, 0.1) is 0 Å². The van der Waals surface area contributed by atoms with E-state index < -0.39 is 0 Å². The molecule has 0 fully saturated rings. The second kappa shape index (κ2) is 5.87. The van der Waals surface area contributed by atoms with Gasteiger partial charge in [0.2, 0.25) is 0 Å².